The van der Waals surface area contributed by atoms with Crippen LogP contribution < -0.4 is 0 Å². The maximum absolute atomic E-state index is 5.74. The lowest BCUT2D eigenvalue weighted by Gasteiger charge is -2.19. The van der Waals surface area contributed by atoms with E-state index in [2.05, 4.69) is 51.2 Å². The summed E-state index contributed by atoms with van der Waals surface area (Å²) in [5.74, 6) is 0.939. The predicted molar refractivity (Wildman–Crippen MR) is 83.5 cm³/mol. The van der Waals surface area contributed by atoms with E-state index in [9.17, 15) is 0 Å². The van der Waals surface area contributed by atoms with Crippen molar-refractivity contribution in [2.45, 2.75) is 39.3 Å². The van der Waals surface area contributed by atoms with E-state index in [1.807, 2.05) is 24.7 Å². The minimum atomic E-state index is -0.0774. The maximum atomic E-state index is 5.74. The molecule has 0 aliphatic heterocycles. The van der Waals surface area contributed by atoms with E-state index in [1.165, 1.54) is 0 Å². The van der Waals surface area contributed by atoms with Crippen molar-refractivity contribution in [2.75, 3.05) is 6.61 Å². The normalized spacial score (nSPS) is 11.8. The summed E-state index contributed by atoms with van der Waals surface area (Å²) in [6.45, 7) is 7.85. The number of rotatable bonds is 5. The second-order valence-corrected chi connectivity index (χ2v) is 6.57. The largest absolute Gasteiger partial charge is 0.376 e. The maximum Gasteiger partial charge on any atom is 0.141 e. The molecule has 2 aromatic rings. The van der Waals surface area contributed by atoms with E-state index in [1.54, 1.807) is 6.20 Å². The summed E-state index contributed by atoms with van der Waals surface area (Å²) >= 11 is 3.44. The molecule has 20 heavy (non-hydrogen) atoms. The van der Waals surface area contributed by atoms with Gasteiger partial charge in [0.2, 0.25) is 0 Å². The van der Waals surface area contributed by atoms with Crippen molar-refractivity contribution in [3.63, 3.8) is 0 Å². The minimum Gasteiger partial charge on any atom is -0.376 e. The van der Waals surface area contributed by atoms with Crippen LogP contribution in [0.25, 0.3) is 11.4 Å². The second-order valence-electron chi connectivity index (χ2n) is 5.65. The number of hydrogen-bond acceptors (Lipinski definition) is 3. The average Bonchev–Trinajstić information content (AvgIpc) is 2.82. The number of aromatic nitrogens is 3. The Balaban J connectivity index is 1.99. The van der Waals surface area contributed by atoms with Crippen molar-refractivity contribution in [1.29, 1.82) is 0 Å². The van der Waals surface area contributed by atoms with Crippen LogP contribution in [0.3, 0.4) is 0 Å². The molecular weight excluding hydrogens is 318 g/mol. The molecule has 0 N–H and O–H groups in total. The molecule has 0 saturated carbocycles. The van der Waals surface area contributed by atoms with Crippen molar-refractivity contribution in [1.82, 2.24) is 14.5 Å². The highest BCUT2D eigenvalue weighted by Crippen LogP contribution is 2.20. The van der Waals surface area contributed by atoms with Gasteiger partial charge in [-0.2, -0.15) is 0 Å². The third kappa shape index (κ3) is 4.42. The van der Waals surface area contributed by atoms with Crippen LogP contribution in [-0.2, 0) is 11.3 Å². The zero-order valence-electron chi connectivity index (χ0n) is 12.1. The SMILES string of the molecule is CC(C)(C)OCCCn1ccnc1-c1cncc(Br)c1. The van der Waals surface area contributed by atoms with E-state index in [0.717, 1.165) is 35.4 Å². The molecular formula is C15H20BrN3O. The Morgan fingerprint density at radius 3 is 2.80 bits per heavy atom. The molecule has 2 aromatic heterocycles. The van der Waals surface area contributed by atoms with Gasteiger partial charge in [0.1, 0.15) is 5.82 Å². The summed E-state index contributed by atoms with van der Waals surface area (Å²) in [5.41, 5.74) is 0.938. The molecule has 0 atom stereocenters. The third-order valence-corrected chi connectivity index (χ3v) is 3.19. The van der Waals surface area contributed by atoms with Gasteiger partial charge in [-0.25, -0.2) is 4.98 Å². The summed E-state index contributed by atoms with van der Waals surface area (Å²) < 4.78 is 8.83. The van der Waals surface area contributed by atoms with Crippen molar-refractivity contribution < 1.29 is 4.74 Å². The van der Waals surface area contributed by atoms with Gasteiger partial charge in [-0.3, -0.25) is 4.98 Å². The van der Waals surface area contributed by atoms with Gasteiger partial charge in [0.05, 0.1) is 5.60 Å². The van der Waals surface area contributed by atoms with Crippen LogP contribution in [0, 0.1) is 0 Å². The van der Waals surface area contributed by atoms with Crippen molar-refractivity contribution in [3.05, 3.63) is 35.3 Å². The number of hydrogen-bond donors (Lipinski definition) is 0. The van der Waals surface area contributed by atoms with Gasteiger partial charge in [-0.15, -0.1) is 0 Å². The van der Waals surface area contributed by atoms with E-state index in [-0.39, 0.29) is 5.60 Å². The Hall–Kier alpha value is -1.20. The topological polar surface area (TPSA) is 39.9 Å². The highest BCUT2D eigenvalue weighted by atomic mass is 79.9. The Bertz CT molecular complexity index is 560. The summed E-state index contributed by atoms with van der Waals surface area (Å²) in [6, 6.07) is 2.03. The average molecular weight is 338 g/mol. The van der Waals surface area contributed by atoms with Gasteiger partial charge in [0.25, 0.3) is 0 Å². The Morgan fingerprint density at radius 1 is 1.30 bits per heavy atom. The molecule has 0 saturated heterocycles. The Labute approximate surface area is 128 Å². The number of aryl methyl sites for hydroxylation is 1. The molecule has 0 fully saturated rings. The van der Waals surface area contributed by atoms with Gasteiger partial charge >= 0.3 is 0 Å². The molecule has 0 radical (unpaired) electrons. The van der Waals surface area contributed by atoms with Gasteiger partial charge in [-0.1, -0.05) is 0 Å². The lowest BCUT2D eigenvalue weighted by atomic mass is 10.2. The number of nitrogens with zero attached hydrogens (tertiary/aromatic N) is 3. The van der Waals surface area contributed by atoms with Crippen LogP contribution in [-0.4, -0.2) is 26.7 Å². The Kier molecular flexibility index (Phi) is 4.94. The molecule has 4 nitrogen and oxygen atoms in total. The van der Waals surface area contributed by atoms with Crippen molar-refractivity contribution >= 4 is 15.9 Å². The van der Waals surface area contributed by atoms with Crippen LogP contribution in [0.15, 0.2) is 35.3 Å². The first kappa shape index (κ1) is 15.2. The Morgan fingerprint density at radius 2 is 2.10 bits per heavy atom. The number of ether oxygens (including phenoxy) is 1. The van der Waals surface area contributed by atoms with Crippen molar-refractivity contribution in [3.8, 4) is 11.4 Å². The molecule has 0 aliphatic rings. The lowest BCUT2D eigenvalue weighted by molar-refractivity contribution is -0.00522. The van der Waals surface area contributed by atoms with Gasteiger partial charge in [0, 0.05) is 48.0 Å². The van der Waals surface area contributed by atoms with Crippen LogP contribution in [0.1, 0.15) is 27.2 Å². The minimum absolute atomic E-state index is 0.0774. The molecule has 0 amide bonds. The quantitative estimate of drug-likeness (QED) is 0.776. The first-order valence-electron chi connectivity index (χ1n) is 6.72. The summed E-state index contributed by atoms with van der Waals surface area (Å²) in [6.07, 6.45) is 8.37. The zero-order valence-corrected chi connectivity index (χ0v) is 13.7. The van der Waals surface area contributed by atoms with Gasteiger partial charge in [-0.05, 0) is 49.2 Å². The van der Waals surface area contributed by atoms with Crippen LogP contribution in [0.4, 0.5) is 0 Å². The van der Waals surface area contributed by atoms with Crippen molar-refractivity contribution in [2.24, 2.45) is 0 Å². The van der Waals surface area contributed by atoms with E-state index >= 15 is 0 Å². The first-order valence-corrected chi connectivity index (χ1v) is 7.51. The fraction of sp³-hybridized carbons (Fsp3) is 0.467. The molecule has 0 bridgehead atoms. The second kappa shape index (κ2) is 6.50. The zero-order chi connectivity index (χ0) is 14.6. The summed E-state index contributed by atoms with van der Waals surface area (Å²) in [7, 11) is 0. The van der Waals surface area contributed by atoms with Crippen LogP contribution in [0.2, 0.25) is 0 Å². The molecule has 0 spiro atoms. The third-order valence-electron chi connectivity index (χ3n) is 2.76. The van der Waals surface area contributed by atoms with E-state index in [0.29, 0.717) is 0 Å². The number of halogens is 1. The predicted octanol–water partition coefficient (Wildman–Crippen LogP) is 3.91. The molecule has 0 aliphatic carbocycles. The first-order chi connectivity index (χ1) is 9.46. The van der Waals surface area contributed by atoms with Crippen LogP contribution in [0.5, 0.6) is 0 Å². The molecule has 5 heteroatoms. The summed E-state index contributed by atoms with van der Waals surface area (Å²) in [4.78, 5) is 8.60. The molecule has 0 aromatic carbocycles. The van der Waals surface area contributed by atoms with E-state index < -0.39 is 0 Å². The molecule has 2 rings (SSSR count). The van der Waals surface area contributed by atoms with Crippen LogP contribution >= 0.6 is 15.9 Å². The standard InChI is InChI=1S/C15H20BrN3O/c1-15(2,3)20-8-4-6-19-7-5-18-14(19)12-9-13(16)11-17-10-12/h5,7,9-11H,4,6,8H2,1-3H3. The van der Waals surface area contributed by atoms with E-state index in [4.69, 9.17) is 4.74 Å². The van der Waals surface area contributed by atoms with Gasteiger partial charge in [0.15, 0.2) is 0 Å². The molecule has 2 heterocycles. The molecule has 0 unspecified atom stereocenters. The number of imidazole rings is 1. The molecule has 108 valence electrons. The smallest absolute Gasteiger partial charge is 0.141 e. The monoisotopic (exact) mass is 337 g/mol. The fourth-order valence-electron chi connectivity index (χ4n) is 1.90. The highest BCUT2D eigenvalue weighted by molar-refractivity contribution is 9.10. The van der Waals surface area contributed by atoms with Gasteiger partial charge < -0.3 is 9.30 Å². The summed E-state index contributed by atoms with van der Waals surface area (Å²) in [5, 5.41) is 0. The fourth-order valence-corrected chi connectivity index (χ4v) is 2.26. The number of pyridine rings is 1. The lowest BCUT2D eigenvalue weighted by Crippen LogP contribution is -2.20. The highest BCUT2D eigenvalue weighted by Gasteiger charge is 2.10.